The largest absolute Gasteiger partial charge is 0.389 e. The number of hydrogen-bond donors (Lipinski definition) is 2. The summed E-state index contributed by atoms with van der Waals surface area (Å²) in [5.41, 5.74) is 0.965. The third-order valence-electron chi connectivity index (χ3n) is 4.49. The summed E-state index contributed by atoms with van der Waals surface area (Å²) in [5, 5.41) is 14.1. The number of aliphatic hydroxyl groups is 1. The topological polar surface area (TPSA) is 35.5 Å². The molecule has 0 aromatic rings. The van der Waals surface area contributed by atoms with Crippen molar-refractivity contribution in [3.8, 4) is 0 Å². The molecule has 3 nitrogen and oxygen atoms in total. The number of hydrogen-bond acceptors (Lipinski definition) is 4. The van der Waals surface area contributed by atoms with Crippen LogP contribution in [-0.4, -0.2) is 59.3 Å². The maximum atomic E-state index is 10.5. The van der Waals surface area contributed by atoms with Crippen LogP contribution >= 0.6 is 11.8 Å². The highest BCUT2D eigenvalue weighted by Crippen LogP contribution is 2.26. The van der Waals surface area contributed by atoms with Crippen molar-refractivity contribution in [2.75, 3.05) is 37.7 Å². The van der Waals surface area contributed by atoms with Gasteiger partial charge in [0.05, 0.1) is 5.60 Å². The Labute approximate surface area is 128 Å². The van der Waals surface area contributed by atoms with E-state index in [2.05, 4.69) is 30.1 Å². The molecular formula is C16H30N2OS. The fourth-order valence-electron chi connectivity index (χ4n) is 2.89. The Hall–Kier alpha value is -0.0300. The summed E-state index contributed by atoms with van der Waals surface area (Å²) < 4.78 is 0. The van der Waals surface area contributed by atoms with E-state index in [9.17, 15) is 5.11 Å². The van der Waals surface area contributed by atoms with E-state index < -0.39 is 5.60 Å². The lowest BCUT2D eigenvalue weighted by atomic mass is 9.95. The average molecular weight is 298 g/mol. The van der Waals surface area contributed by atoms with Gasteiger partial charge >= 0.3 is 0 Å². The van der Waals surface area contributed by atoms with Crippen LogP contribution in [0.2, 0.25) is 0 Å². The van der Waals surface area contributed by atoms with Crippen molar-refractivity contribution in [2.45, 2.75) is 51.2 Å². The summed E-state index contributed by atoms with van der Waals surface area (Å²) in [4.78, 5) is 2.52. The molecule has 0 atom stereocenters. The molecule has 2 fully saturated rings. The smallest absolute Gasteiger partial charge is 0.0787 e. The fourth-order valence-corrected chi connectivity index (χ4v) is 4.15. The van der Waals surface area contributed by atoms with E-state index in [0.29, 0.717) is 6.04 Å². The van der Waals surface area contributed by atoms with Crippen molar-refractivity contribution in [1.29, 1.82) is 0 Å². The first kappa shape index (κ1) is 16.3. The fraction of sp³-hybridized carbons (Fsp3) is 0.875. The number of piperidine rings is 1. The number of thioether (sulfide) groups is 1. The predicted molar refractivity (Wildman–Crippen MR) is 88.4 cm³/mol. The van der Waals surface area contributed by atoms with Crippen molar-refractivity contribution in [3.05, 3.63) is 11.6 Å². The summed E-state index contributed by atoms with van der Waals surface area (Å²) in [7, 11) is 0. The van der Waals surface area contributed by atoms with E-state index in [1.165, 1.54) is 31.5 Å². The minimum atomic E-state index is -0.440. The maximum absolute atomic E-state index is 10.5. The van der Waals surface area contributed by atoms with Crippen LogP contribution in [0.1, 0.15) is 39.5 Å². The van der Waals surface area contributed by atoms with Crippen LogP contribution in [0.25, 0.3) is 0 Å². The number of likely N-dealkylation sites (tertiary alicyclic amines) is 1. The van der Waals surface area contributed by atoms with Gasteiger partial charge in [-0.2, -0.15) is 11.8 Å². The van der Waals surface area contributed by atoms with Crippen LogP contribution < -0.4 is 5.32 Å². The summed E-state index contributed by atoms with van der Waals surface area (Å²) in [5.74, 6) is 2.22. The highest BCUT2D eigenvalue weighted by Gasteiger charge is 2.30. The molecule has 2 saturated heterocycles. The molecule has 0 amide bonds. The molecule has 116 valence electrons. The van der Waals surface area contributed by atoms with E-state index in [-0.39, 0.29) is 0 Å². The van der Waals surface area contributed by atoms with Crippen LogP contribution in [0.15, 0.2) is 11.6 Å². The Kier molecular flexibility index (Phi) is 6.40. The van der Waals surface area contributed by atoms with Gasteiger partial charge in [0, 0.05) is 19.1 Å². The number of nitrogens with one attached hydrogen (secondary N) is 1. The van der Waals surface area contributed by atoms with Crippen LogP contribution in [-0.2, 0) is 0 Å². The van der Waals surface area contributed by atoms with Gasteiger partial charge < -0.3 is 10.4 Å². The molecule has 0 unspecified atom stereocenters. The summed E-state index contributed by atoms with van der Waals surface area (Å²) in [6.07, 6.45) is 6.63. The lowest BCUT2D eigenvalue weighted by Crippen LogP contribution is -2.49. The molecule has 20 heavy (non-hydrogen) atoms. The Morgan fingerprint density at radius 2 is 1.95 bits per heavy atom. The summed E-state index contributed by atoms with van der Waals surface area (Å²) in [6.45, 7) is 8.56. The SMILES string of the molecule is CC(C)=CCN1CCC(NCC2(O)CCSCC2)CC1. The van der Waals surface area contributed by atoms with Crippen molar-refractivity contribution in [1.82, 2.24) is 10.2 Å². The Morgan fingerprint density at radius 1 is 1.30 bits per heavy atom. The van der Waals surface area contributed by atoms with Crippen LogP contribution in [0.3, 0.4) is 0 Å². The highest BCUT2D eigenvalue weighted by molar-refractivity contribution is 7.99. The molecule has 0 aromatic heterocycles. The second kappa shape index (κ2) is 7.83. The molecule has 0 bridgehead atoms. The lowest BCUT2D eigenvalue weighted by Gasteiger charge is -2.36. The van der Waals surface area contributed by atoms with Crippen LogP contribution in [0.4, 0.5) is 0 Å². The van der Waals surface area contributed by atoms with Crippen molar-refractivity contribution in [3.63, 3.8) is 0 Å². The second-order valence-electron chi connectivity index (χ2n) is 6.57. The molecule has 2 aliphatic rings. The average Bonchev–Trinajstić information content (AvgIpc) is 2.45. The van der Waals surface area contributed by atoms with Crippen molar-refractivity contribution < 1.29 is 5.11 Å². The Bertz CT molecular complexity index is 314. The van der Waals surface area contributed by atoms with Gasteiger partial charge in [0.25, 0.3) is 0 Å². The minimum absolute atomic E-state index is 0.440. The normalized spacial score (nSPS) is 24.6. The highest BCUT2D eigenvalue weighted by atomic mass is 32.2. The van der Waals surface area contributed by atoms with E-state index in [1.807, 2.05) is 11.8 Å². The number of allylic oxidation sites excluding steroid dienone is 1. The predicted octanol–water partition coefficient (Wildman–Crippen LogP) is 2.26. The summed E-state index contributed by atoms with van der Waals surface area (Å²) in [6, 6.07) is 0.594. The molecule has 0 radical (unpaired) electrons. The van der Waals surface area contributed by atoms with Gasteiger partial charge in [0.15, 0.2) is 0 Å². The van der Waals surface area contributed by atoms with E-state index in [1.54, 1.807) is 0 Å². The molecule has 0 aromatic carbocycles. The monoisotopic (exact) mass is 298 g/mol. The standard InChI is InChI=1S/C16H30N2OS/c1-14(2)3-8-18-9-4-15(5-10-18)17-13-16(19)6-11-20-12-7-16/h3,15,17,19H,4-13H2,1-2H3. The van der Waals surface area contributed by atoms with Crippen LogP contribution in [0.5, 0.6) is 0 Å². The third-order valence-corrected chi connectivity index (χ3v) is 5.47. The first-order chi connectivity index (χ1) is 9.57. The van der Waals surface area contributed by atoms with E-state index >= 15 is 0 Å². The number of nitrogens with zero attached hydrogens (tertiary/aromatic N) is 1. The first-order valence-electron chi connectivity index (χ1n) is 7.97. The van der Waals surface area contributed by atoms with Gasteiger partial charge in [-0.15, -0.1) is 0 Å². The quantitative estimate of drug-likeness (QED) is 0.763. The third kappa shape index (κ3) is 5.40. The molecule has 2 rings (SSSR count). The molecular weight excluding hydrogens is 268 g/mol. The zero-order valence-corrected chi connectivity index (χ0v) is 13.8. The molecule has 2 heterocycles. The summed E-state index contributed by atoms with van der Waals surface area (Å²) >= 11 is 1.97. The van der Waals surface area contributed by atoms with Crippen LogP contribution in [0, 0.1) is 0 Å². The minimum Gasteiger partial charge on any atom is -0.389 e. The van der Waals surface area contributed by atoms with Gasteiger partial charge in [-0.05, 0) is 64.1 Å². The van der Waals surface area contributed by atoms with Gasteiger partial charge in [0.2, 0.25) is 0 Å². The van der Waals surface area contributed by atoms with Crippen molar-refractivity contribution >= 4 is 11.8 Å². The molecule has 2 N–H and O–H groups in total. The second-order valence-corrected chi connectivity index (χ2v) is 7.80. The van der Waals surface area contributed by atoms with Gasteiger partial charge in [-0.25, -0.2) is 0 Å². The zero-order chi connectivity index (χ0) is 14.4. The first-order valence-corrected chi connectivity index (χ1v) is 9.12. The van der Waals surface area contributed by atoms with E-state index in [4.69, 9.17) is 0 Å². The molecule has 0 aliphatic carbocycles. The zero-order valence-electron chi connectivity index (χ0n) is 13.0. The molecule has 0 saturated carbocycles. The molecule has 0 spiro atoms. The van der Waals surface area contributed by atoms with Gasteiger partial charge in [0.1, 0.15) is 0 Å². The Balaban J connectivity index is 1.65. The maximum Gasteiger partial charge on any atom is 0.0787 e. The Morgan fingerprint density at radius 3 is 2.55 bits per heavy atom. The lowest BCUT2D eigenvalue weighted by molar-refractivity contribution is 0.0271. The van der Waals surface area contributed by atoms with Gasteiger partial charge in [-0.1, -0.05) is 11.6 Å². The van der Waals surface area contributed by atoms with Gasteiger partial charge in [-0.3, -0.25) is 4.90 Å². The molecule has 4 heteroatoms. The number of rotatable bonds is 5. The molecule has 2 aliphatic heterocycles. The van der Waals surface area contributed by atoms with Crippen molar-refractivity contribution in [2.24, 2.45) is 0 Å². The van der Waals surface area contributed by atoms with E-state index in [0.717, 1.165) is 37.4 Å².